The van der Waals surface area contributed by atoms with Crippen molar-refractivity contribution in [3.63, 3.8) is 0 Å². The molecule has 0 spiro atoms. The van der Waals surface area contributed by atoms with Gasteiger partial charge in [-0.2, -0.15) is 20.5 Å². The van der Waals surface area contributed by atoms with Crippen LogP contribution in [0.1, 0.15) is 36.8 Å². The summed E-state index contributed by atoms with van der Waals surface area (Å²) >= 11 is 0.969. The number of carbonyl (C=O) groups is 1. The number of hydrogen-bond acceptors (Lipinski definition) is 11. The lowest BCUT2D eigenvalue weighted by Crippen LogP contribution is -2.44. The van der Waals surface area contributed by atoms with Crippen molar-refractivity contribution in [1.29, 1.82) is 10.5 Å². The number of methoxy groups -OCH3 is 1. The van der Waals surface area contributed by atoms with Crippen LogP contribution in [0, 0.1) is 28.5 Å². The summed E-state index contributed by atoms with van der Waals surface area (Å²) in [6, 6.07) is 9.92. The number of fused-ring (bicyclic) bond motifs is 3. The summed E-state index contributed by atoms with van der Waals surface area (Å²) in [6.07, 6.45) is 2.37. The Morgan fingerprint density at radius 2 is 2.08 bits per heavy atom. The molecule has 5 heterocycles. The van der Waals surface area contributed by atoms with E-state index in [4.69, 9.17) is 24.9 Å². The van der Waals surface area contributed by atoms with E-state index >= 15 is 0 Å². The highest BCUT2D eigenvalue weighted by Crippen LogP contribution is 2.44. The number of ether oxygens (including phenoxy) is 3. The summed E-state index contributed by atoms with van der Waals surface area (Å²) in [5.74, 6) is -0.640. The molecule has 0 radical (unpaired) electrons. The first kappa shape index (κ1) is 32.6. The van der Waals surface area contributed by atoms with Gasteiger partial charge < -0.3 is 24.8 Å². The molecule has 0 unspecified atom stereocenters. The van der Waals surface area contributed by atoms with Gasteiger partial charge in [0, 0.05) is 44.0 Å². The minimum atomic E-state index is -0.939. The third-order valence-electron chi connectivity index (χ3n) is 9.89. The smallest absolute Gasteiger partial charge is 0.320 e. The van der Waals surface area contributed by atoms with Gasteiger partial charge in [-0.25, -0.2) is 8.78 Å². The summed E-state index contributed by atoms with van der Waals surface area (Å²) in [6.45, 7) is 5.58. The lowest BCUT2D eigenvalue weighted by atomic mass is 9.94. The average Bonchev–Trinajstić information content (AvgIpc) is 3.84. The second kappa shape index (κ2) is 12.9. The predicted molar refractivity (Wildman–Crippen MR) is 179 cm³/mol. The number of aromatic nitrogens is 2. The third-order valence-corrected chi connectivity index (χ3v) is 10.9. The van der Waals surface area contributed by atoms with Crippen molar-refractivity contribution in [3.05, 3.63) is 53.9 Å². The molecule has 3 saturated heterocycles. The van der Waals surface area contributed by atoms with Gasteiger partial charge in [-0.05, 0) is 49.2 Å². The molecule has 2 N–H and O–H groups in total. The summed E-state index contributed by atoms with van der Waals surface area (Å²) in [7, 11) is 1.54. The number of nitrogens with two attached hydrogens (primary N) is 1. The fourth-order valence-corrected chi connectivity index (χ4v) is 8.58. The average molecular weight is 686 g/mol. The maximum absolute atomic E-state index is 14.9. The Kier molecular flexibility index (Phi) is 8.57. The lowest BCUT2D eigenvalue weighted by Gasteiger charge is -2.31. The monoisotopic (exact) mass is 685 g/mol. The molecule has 3 fully saturated rings. The normalized spacial score (nSPS) is 23.4. The van der Waals surface area contributed by atoms with E-state index in [1.807, 2.05) is 0 Å². The zero-order valence-corrected chi connectivity index (χ0v) is 27.6. The molecule has 4 aromatic rings. The van der Waals surface area contributed by atoms with Gasteiger partial charge in [0.05, 0.1) is 51.0 Å². The fourth-order valence-electron chi connectivity index (χ4n) is 7.63. The summed E-state index contributed by atoms with van der Waals surface area (Å²) in [5, 5.41) is 21.1. The van der Waals surface area contributed by atoms with Crippen LogP contribution in [0.2, 0.25) is 0 Å². The quantitative estimate of drug-likeness (QED) is 0.236. The number of benzene rings is 2. The van der Waals surface area contributed by atoms with Crippen LogP contribution >= 0.6 is 11.3 Å². The molecule has 2 aromatic heterocycles. The summed E-state index contributed by atoms with van der Waals surface area (Å²) in [4.78, 5) is 25.8. The van der Waals surface area contributed by atoms with E-state index in [1.165, 1.54) is 18.2 Å². The Morgan fingerprint density at radius 1 is 1.24 bits per heavy atom. The van der Waals surface area contributed by atoms with Crippen molar-refractivity contribution < 1.29 is 27.8 Å². The van der Waals surface area contributed by atoms with Crippen molar-refractivity contribution in [2.75, 3.05) is 45.7 Å². The first-order valence-corrected chi connectivity index (χ1v) is 16.8. The number of amides is 1. The van der Waals surface area contributed by atoms with Crippen LogP contribution in [-0.2, 0) is 9.53 Å². The highest BCUT2D eigenvalue weighted by molar-refractivity contribution is 7.23. The van der Waals surface area contributed by atoms with Gasteiger partial charge in [-0.1, -0.05) is 12.6 Å². The molecule has 0 saturated carbocycles. The van der Waals surface area contributed by atoms with Crippen molar-refractivity contribution in [2.45, 2.75) is 49.5 Å². The minimum Gasteiger partial charge on any atom is -0.471 e. The number of rotatable bonds is 9. The van der Waals surface area contributed by atoms with Crippen molar-refractivity contribution in [3.8, 4) is 35.2 Å². The number of nitrogens with zero attached hydrogens (tertiary/aromatic N) is 6. The number of anilines is 1. The Morgan fingerprint density at radius 3 is 2.84 bits per heavy atom. The van der Waals surface area contributed by atoms with Crippen LogP contribution in [0.15, 0.2) is 36.9 Å². The highest BCUT2D eigenvalue weighted by atomic mass is 32.1. The van der Waals surface area contributed by atoms with Crippen LogP contribution in [0.3, 0.4) is 0 Å². The molecular formula is C35H33F2N7O4S. The van der Waals surface area contributed by atoms with E-state index in [1.54, 1.807) is 24.1 Å². The predicted octanol–water partition coefficient (Wildman–Crippen LogP) is 5.11. The summed E-state index contributed by atoms with van der Waals surface area (Å²) < 4.78 is 47.9. The Bertz CT molecular complexity index is 2080. The molecule has 49 heavy (non-hydrogen) atoms. The van der Waals surface area contributed by atoms with Crippen LogP contribution in [0.5, 0.6) is 11.9 Å². The van der Waals surface area contributed by atoms with Crippen molar-refractivity contribution in [1.82, 2.24) is 19.8 Å². The van der Waals surface area contributed by atoms with Crippen LogP contribution in [-0.4, -0.2) is 89.5 Å². The molecule has 7 rings (SSSR count). The molecule has 0 aliphatic carbocycles. The lowest BCUT2D eigenvalue weighted by molar-refractivity contribution is -0.128. The number of nitriles is 2. The number of carbonyl (C=O) groups excluding carboxylic acids is 1. The maximum atomic E-state index is 14.9. The van der Waals surface area contributed by atoms with Gasteiger partial charge in [0.2, 0.25) is 11.8 Å². The van der Waals surface area contributed by atoms with Crippen LogP contribution < -0.4 is 15.2 Å². The van der Waals surface area contributed by atoms with E-state index in [0.717, 1.165) is 30.7 Å². The fraction of sp³-hybridized carbons (Fsp3) is 0.400. The molecular weight excluding hydrogens is 652 g/mol. The van der Waals surface area contributed by atoms with Gasteiger partial charge in [0.1, 0.15) is 35.8 Å². The third kappa shape index (κ3) is 5.60. The highest BCUT2D eigenvalue weighted by Gasteiger charge is 2.49. The number of alkyl halides is 1. The van der Waals surface area contributed by atoms with E-state index in [0.29, 0.717) is 53.3 Å². The van der Waals surface area contributed by atoms with Crippen molar-refractivity contribution >= 4 is 43.2 Å². The number of hydrogen-bond donors (Lipinski definition) is 1. The van der Waals surface area contributed by atoms with Gasteiger partial charge in [0.25, 0.3) is 0 Å². The van der Waals surface area contributed by atoms with Crippen LogP contribution in [0.4, 0.5) is 13.8 Å². The van der Waals surface area contributed by atoms with E-state index in [-0.39, 0.29) is 51.8 Å². The zero-order valence-electron chi connectivity index (χ0n) is 26.7. The van der Waals surface area contributed by atoms with Crippen molar-refractivity contribution in [2.24, 2.45) is 0 Å². The van der Waals surface area contributed by atoms with Gasteiger partial charge in [0.15, 0.2) is 0 Å². The number of halogens is 2. The maximum Gasteiger partial charge on any atom is 0.320 e. The second-order valence-corrected chi connectivity index (χ2v) is 13.7. The van der Waals surface area contributed by atoms with Gasteiger partial charge in [-0.3, -0.25) is 9.69 Å². The Hall–Kier alpha value is -4.89. The largest absolute Gasteiger partial charge is 0.471 e. The van der Waals surface area contributed by atoms with Gasteiger partial charge >= 0.3 is 6.01 Å². The van der Waals surface area contributed by atoms with Crippen LogP contribution in [0.25, 0.3) is 32.1 Å². The number of likely N-dealkylation sites (tertiary alicyclic amines) is 1. The van der Waals surface area contributed by atoms with E-state index in [9.17, 15) is 24.1 Å². The molecule has 11 nitrogen and oxygen atoms in total. The molecule has 3 aliphatic rings. The summed E-state index contributed by atoms with van der Waals surface area (Å²) in [5.41, 5.74) is 7.19. The molecule has 4 atom stereocenters. The molecule has 2 aromatic carbocycles. The van der Waals surface area contributed by atoms with Gasteiger partial charge in [-0.15, -0.1) is 11.3 Å². The van der Waals surface area contributed by atoms with E-state index in [2.05, 4.69) is 28.6 Å². The molecule has 3 aliphatic heterocycles. The first-order valence-electron chi connectivity index (χ1n) is 16.0. The molecule has 252 valence electrons. The zero-order chi connectivity index (χ0) is 34.4. The second-order valence-electron chi connectivity index (χ2n) is 12.7. The number of thiophene rings is 1. The molecule has 14 heteroatoms. The molecule has 1 amide bonds. The van der Waals surface area contributed by atoms with E-state index < -0.39 is 29.7 Å². The molecule has 0 bridgehead atoms. The Balaban J connectivity index is 1.35. The first-order chi connectivity index (χ1) is 23.7. The SMILES string of the molecule is C=CC(=O)N1CC[C@@H](Oc2nc(OC[C@@]34CCCN3C[C@H](F)C4)nc3cc(-c4ccc(F)c5sc(N)c(C#N)c45)c(C#N)cc23)[C@H]1COC. The topological polar surface area (TPSA) is 151 Å². The number of nitrogen functional groups attached to an aromatic ring is 1. The standard InChI is InChI=1S/C35H33F2N7O4S/c1-3-29(45)44-10-7-28(27(44)17-46-2)48-33-23-11-19(14-38)22(21-5-6-25(37)31-30(21)24(15-39)32(40)49-31)12-26(23)41-34(42-33)47-18-35-8-4-9-43(35)16-20(36)13-35/h3,5-6,11-12,20,27-28H,1,4,7-10,13,16-18,40H2,2H3/t20-,27-,28-,35+/m1/s1. The Labute approximate surface area is 285 Å². The minimum absolute atomic E-state index is 0.00347.